The summed E-state index contributed by atoms with van der Waals surface area (Å²) in [4.78, 5) is 28.6. The van der Waals surface area contributed by atoms with E-state index in [0.29, 0.717) is 12.1 Å². The molecule has 1 unspecified atom stereocenters. The number of halogens is 3. The highest BCUT2D eigenvalue weighted by atomic mass is 19.4. The topological polar surface area (TPSA) is 79.7 Å². The van der Waals surface area contributed by atoms with Gasteiger partial charge in [0.05, 0.1) is 24.3 Å². The number of rotatable bonds is 3. The summed E-state index contributed by atoms with van der Waals surface area (Å²) in [6, 6.07) is 7.25. The van der Waals surface area contributed by atoms with Crippen molar-refractivity contribution in [3.05, 3.63) is 65.0 Å². The Labute approximate surface area is 152 Å². The number of carboxylic acid groups (broad SMARTS) is 1. The van der Waals surface area contributed by atoms with Gasteiger partial charge in [0.1, 0.15) is 11.8 Å². The lowest BCUT2D eigenvalue weighted by molar-refractivity contribution is -0.137. The van der Waals surface area contributed by atoms with Crippen molar-refractivity contribution in [3.8, 4) is 0 Å². The maximum Gasteiger partial charge on any atom is 0.416 e. The Morgan fingerprint density at radius 3 is 2.41 bits per heavy atom. The van der Waals surface area contributed by atoms with Crippen LogP contribution in [-0.2, 0) is 10.9 Å². The van der Waals surface area contributed by atoms with Gasteiger partial charge in [-0.2, -0.15) is 13.2 Å². The third-order valence-electron chi connectivity index (χ3n) is 4.19. The van der Waals surface area contributed by atoms with Crippen LogP contribution in [0.25, 0.3) is 0 Å². The lowest BCUT2D eigenvalue weighted by Crippen LogP contribution is -2.42. The number of pyridine rings is 1. The van der Waals surface area contributed by atoms with E-state index in [4.69, 9.17) is 9.84 Å². The lowest BCUT2D eigenvalue weighted by Gasteiger charge is -2.33. The smallest absolute Gasteiger partial charge is 0.416 e. The first-order valence-corrected chi connectivity index (χ1v) is 8.03. The van der Waals surface area contributed by atoms with Crippen LogP contribution < -0.4 is 0 Å². The highest BCUT2D eigenvalue weighted by Gasteiger charge is 2.31. The van der Waals surface area contributed by atoms with Gasteiger partial charge in [0.15, 0.2) is 0 Å². The van der Waals surface area contributed by atoms with Crippen molar-refractivity contribution in [3.63, 3.8) is 0 Å². The van der Waals surface area contributed by atoms with Gasteiger partial charge in [0.25, 0.3) is 5.91 Å². The van der Waals surface area contributed by atoms with Crippen LogP contribution in [0.3, 0.4) is 0 Å². The Bertz CT molecular complexity index is 835. The first-order valence-electron chi connectivity index (χ1n) is 8.03. The average Bonchev–Trinajstić information content (AvgIpc) is 2.67. The minimum atomic E-state index is -4.41. The summed E-state index contributed by atoms with van der Waals surface area (Å²) in [5.41, 5.74) is -0.149. The van der Waals surface area contributed by atoms with E-state index in [9.17, 15) is 22.8 Å². The molecule has 3 rings (SSSR count). The number of aromatic carboxylic acids is 1. The summed E-state index contributed by atoms with van der Waals surface area (Å²) in [5.74, 6) is -1.54. The number of alkyl halides is 3. The molecular weight excluding hydrogens is 365 g/mol. The molecule has 2 heterocycles. The zero-order chi connectivity index (χ0) is 19.6. The van der Waals surface area contributed by atoms with Gasteiger partial charge in [0, 0.05) is 12.7 Å². The molecule has 1 aliphatic heterocycles. The largest absolute Gasteiger partial charge is 0.477 e. The van der Waals surface area contributed by atoms with E-state index in [2.05, 4.69) is 4.98 Å². The Hall–Kier alpha value is -2.94. The lowest BCUT2D eigenvalue weighted by atomic mass is 10.0. The zero-order valence-corrected chi connectivity index (χ0v) is 13.9. The van der Waals surface area contributed by atoms with Gasteiger partial charge in [0.2, 0.25) is 0 Å². The summed E-state index contributed by atoms with van der Waals surface area (Å²) in [6.07, 6.45) is -3.77. The number of benzene rings is 1. The van der Waals surface area contributed by atoms with Gasteiger partial charge in [-0.1, -0.05) is 12.1 Å². The van der Waals surface area contributed by atoms with Crippen LogP contribution in [0.5, 0.6) is 0 Å². The monoisotopic (exact) mass is 380 g/mol. The molecule has 1 aromatic carbocycles. The van der Waals surface area contributed by atoms with Crippen molar-refractivity contribution in [1.82, 2.24) is 9.88 Å². The molecule has 2 aromatic rings. The molecule has 6 nitrogen and oxygen atoms in total. The average molecular weight is 380 g/mol. The number of amides is 1. The number of carbonyl (C=O) groups is 2. The minimum Gasteiger partial charge on any atom is -0.477 e. The fourth-order valence-electron chi connectivity index (χ4n) is 2.75. The Morgan fingerprint density at radius 1 is 1.15 bits per heavy atom. The number of hydrogen-bond acceptors (Lipinski definition) is 4. The van der Waals surface area contributed by atoms with Crippen LogP contribution in [0.1, 0.15) is 38.1 Å². The molecule has 27 heavy (non-hydrogen) atoms. The number of ether oxygens (including phenoxy) is 1. The van der Waals surface area contributed by atoms with Crippen LogP contribution >= 0.6 is 0 Å². The number of nitrogens with zero attached hydrogens (tertiary/aromatic N) is 2. The number of morpholine rings is 1. The third-order valence-corrected chi connectivity index (χ3v) is 4.19. The molecule has 1 aromatic heterocycles. The minimum absolute atomic E-state index is 0.170. The molecule has 1 atom stereocenters. The fourth-order valence-corrected chi connectivity index (χ4v) is 2.75. The molecule has 0 bridgehead atoms. The molecule has 1 saturated heterocycles. The predicted molar refractivity (Wildman–Crippen MR) is 87.2 cm³/mol. The highest BCUT2D eigenvalue weighted by molar-refractivity contribution is 5.95. The van der Waals surface area contributed by atoms with Gasteiger partial charge in [-0.15, -0.1) is 0 Å². The summed E-state index contributed by atoms with van der Waals surface area (Å²) >= 11 is 0. The molecule has 1 aliphatic rings. The number of carbonyl (C=O) groups excluding carboxylic acids is 1. The first-order chi connectivity index (χ1) is 12.8. The van der Waals surface area contributed by atoms with Crippen molar-refractivity contribution in [2.75, 3.05) is 19.7 Å². The molecule has 0 radical (unpaired) electrons. The molecule has 1 amide bonds. The third kappa shape index (κ3) is 4.25. The zero-order valence-electron chi connectivity index (χ0n) is 13.9. The molecule has 9 heteroatoms. The van der Waals surface area contributed by atoms with E-state index in [1.54, 1.807) is 0 Å². The summed E-state index contributed by atoms with van der Waals surface area (Å²) in [6.45, 7) is 0.722. The van der Waals surface area contributed by atoms with E-state index in [1.165, 1.54) is 35.4 Å². The maximum atomic E-state index is 12.7. The second kappa shape index (κ2) is 7.36. The molecule has 0 saturated carbocycles. The van der Waals surface area contributed by atoms with E-state index >= 15 is 0 Å². The van der Waals surface area contributed by atoms with Crippen molar-refractivity contribution in [1.29, 1.82) is 0 Å². The Morgan fingerprint density at radius 2 is 1.85 bits per heavy atom. The maximum absolute atomic E-state index is 12.7. The number of aromatic nitrogens is 1. The van der Waals surface area contributed by atoms with Gasteiger partial charge in [-0.05, 0) is 29.8 Å². The van der Waals surface area contributed by atoms with Gasteiger partial charge in [-0.3, -0.25) is 4.79 Å². The van der Waals surface area contributed by atoms with Crippen LogP contribution in [0, 0.1) is 0 Å². The normalized spacial score (nSPS) is 17.6. The second-order valence-electron chi connectivity index (χ2n) is 5.97. The van der Waals surface area contributed by atoms with Crippen molar-refractivity contribution < 1.29 is 32.6 Å². The molecule has 1 fully saturated rings. The van der Waals surface area contributed by atoms with Gasteiger partial charge >= 0.3 is 12.1 Å². The quantitative estimate of drug-likeness (QED) is 0.886. The van der Waals surface area contributed by atoms with Crippen LogP contribution in [0.4, 0.5) is 13.2 Å². The molecule has 0 aliphatic carbocycles. The molecular formula is C18H15F3N2O4. The Kier molecular flexibility index (Phi) is 5.13. The summed E-state index contributed by atoms with van der Waals surface area (Å²) in [7, 11) is 0. The predicted octanol–water partition coefficient (Wildman–Crippen LogP) is 3.01. The number of carboxylic acids is 1. The highest BCUT2D eigenvalue weighted by Crippen LogP contribution is 2.31. The van der Waals surface area contributed by atoms with Crippen molar-refractivity contribution in [2.45, 2.75) is 12.3 Å². The van der Waals surface area contributed by atoms with E-state index in [-0.39, 0.29) is 30.3 Å². The van der Waals surface area contributed by atoms with Gasteiger partial charge in [-0.25, -0.2) is 9.78 Å². The van der Waals surface area contributed by atoms with Crippen molar-refractivity contribution >= 4 is 11.9 Å². The summed E-state index contributed by atoms with van der Waals surface area (Å²) in [5, 5.41) is 8.85. The van der Waals surface area contributed by atoms with Crippen LogP contribution in [-0.4, -0.2) is 46.6 Å². The summed E-state index contributed by atoms with van der Waals surface area (Å²) < 4.78 is 43.6. The van der Waals surface area contributed by atoms with E-state index < -0.39 is 23.8 Å². The fraction of sp³-hybridized carbons (Fsp3) is 0.278. The Balaban J connectivity index is 1.71. The van der Waals surface area contributed by atoms with Crippen molar-refractivity contribution in [2.24, 2.45) is 0 Å². The van der Waals surface area contributed by atoms with Crippen LogP contribution in [0.2, 0.25) is 0 Å². The SMILES string of the molecule is O=C(O)c1ccc(C(=O)N2CCOC(c3ccc(C(F)(F)F)cc3)C2)cn1. The standard InChI is InChI=1S/C18H15F3N2O4/c19-18(20,21)13-4-1-11(2-5-13)15-10-23(7-8-27-15)16(24)12-3-6-14(17(25)26)22-9-12/h1-6,9,15H,7-8,10H2,(H,25,26). The molecule has 1 N–H and O–H groups in total. The first kappa shape index (κ1) is 18.8. The molecule has 0 spiro atoms. The van der Waals surface area contributed by atoms with Crippen LogP contribution in [0.15, 0.2) is 42.6 Å². The van der Waals surface area contributed by atoms with E-state index in [0.717, 1.165) is 12.1 Å². The number of hydrogen-bond donors (Lipinski definition) is 1. The van der Waals surface area contributed by atoms with Gasteiger partial charge < -0.3 is 14.7 Å². The molecule has 142 valence electrons. The van der Waals surface area contributed by atoms with E-state index in [1.807, 2.05) is 0 Å². The second-order valence-corrected chi connectivity index (χ2v) is 5.97.